The predicted octanol–water partition coefficient (Wildman–Crippen LogP) is 4.69. The normalized spacial score (nSPS) is 10.7. The lowest BCUT2D eigenvalue weighted by atomic mass is 10.1. The van der Waals surface area contributed by atoms with Gasteiger partial charge in [-0.2, -0.15) is 0 Å². The van der Waals surface area contributed by atoms with Gasteiger partial charge in [0.2, 0.25) is 0 Å². The Labute approximate surface area is 194 Å². The number of rotatable bonds is 11. The summed E-state index contributed by atoms with van der Waals surface area (Å²) >= 11 is 1.58. The zero-order valence-electron chi connectivity index (χ0n) is 18.9. The second-order valence-electron chi connectivity index (χ2n) is 7.51. The molecule has 0 aliphatic carbocycles. The summed E-state index contributed by atoms with van der Waals surface area (Å²) in [5.74, 6) is 1.55. The average Bonchev–Trinajstić information content (AvgIpc) is 2.82. The molecule has 0 radical (unpaired) electrons. The summed E-state index contributed by atoms with van der Waals surface area (Å²) < 4.78 is 5.27. The van der Waals surface area contributed by atoms with Gasteiger partial charge in [0.15, 0.2) is 5.16 Å². The van der Waals surface area contributed by atoms with Gasteiger partial charge in [-0.05, 0) is 29.7 Å². The third kappa shape index (κ3) is 7.07. The zero-order chi connectivity index (χ0) is 22.8. The molecular formula is C25H30N4O2S. The fraction of sp³-hybridized carbons (Fsp3) is 0.320. The molecule has 0 atom stereocenters. The topological polar surface area (TPSA) is 67.3 Å². The van der Waals surface area contributed by atoms with E-state index in [4.69, 9.17) is 9.72 Å². The van der Waals surface area contributed by atoms with E-state index >= 15 is 0 Å². The highest BCUT2D eigenvalue weighted by Crippen LogP contribution is 2.23. The Balaban J connectivity index is 1.60. The summed E-state index contributed by atoms with van der Waals surface area (Å²) in [6.07, 6.45) is 1.05. The van der Waals surface area contributed by atoms with Gasteiger partial charge in [-0.1, -0.05) is 61.2 Å². The molecule has 0 saturated heterocycles. The van der Waals surface area contributed by atoms with Gasteiger partial charge in [-0.3, -0.25) is 4.79 Å². The smallest absolute Gasteiger partial charge is 0.251 e. The molecular weight excluding hydrogens is 420 g/mol. The van der Waals surface area contributed by atoms with Crippen LogP contribution in [-0.2, 0) is 23.6 Å². The van der Waals surface area contributed by atoms with E-state index in [9.17, 15) is 4.79 Å². The molecule has 7 heteroatoms. The van der Waals surface area contributed by atoms with Crippen LogP contribution in [0.2, 0.25) is 0 Å². The SMILES string of the molecule is CCCN(C)c1cc(COC)nc(SCc2ccc(C(=O)NCc3ccccc3)cc2)n1. The molecule has 3 aromatic rings. The highest BCUT2D eigenvalue weighted by atomic mass is 32.2. The molecule has 1 amide bonds. The first kappa shape index (κ1) is 23.8. The van der Waals surface area contributed by atoms with Gasteiger partial charge >= 0.3 is 0 Å². The van der Waals surface area contributed by atoms with Crippen molar-refractivity contribution in [1.29, 1.82) is 0 Å². The van der Waals surface area contributed by atoms with Crippen molar-refractivity contribution in [2.75, 3.05) is 25.6 Å². The van der Waals surface area contributed by atoms with Crippen LogP contribution in [0.5, 0.6) is 0 Å². The largest absolute Gasteiger partial charge is 0.378 e. The fourth-order valence-electron chi connectivity index (χ4n) is 3.17. The minimum Gasteiger partial charge on any atom is -0.378 e. The quantitative estimate of drug-likeness (QED) is 0.338. The number of nitrogens with one attached hydrogen (secondary N) is 1. The number of amides is 1. The van der Waals surface area contributed by atoms with E-state index < -0.39 is 0 Å². The highest BCUT2D eigenvalue weighted by Gasteiger charge is 2.10. The standard InChI is InChI=1S/C25H30N4O2S/c1-4-14-29(2)23-15-22(17-31-3)27-25(28-23)32-18-20-10-12-21(13-11-20)24(30)26-16-19-8-6-5-7-9-19/h5-13,15H,4,14,16-18H2,1-3H3,(H,26,30). The Morgan fingerprint density at radius 3 is 2.50 bits per heavy atom. The molecule has 1 aromatic heterocycles. The van der Waals surface area contributed by atoms with E-state index in [1.54, 1.807) is 18.9 Å². The lowest BCUT2D eigenvalue weighted by Gasteiger charge is -2.18. The Kier molecular flexibility index (Phi) is 9.07. The second-order valence-corrected chi connectivity index (χ2v) is 8.45. The van der Waals surface area contributed by atoms with Gasteiger partial charge < -0.3 is 15.0 Å². The Morgan fingerprint density at radius 1 is 1.06 bits per heavy atom. The van der Waals surface area contributed by atoms with Crippen LogP contribution >= 0.6 is 11.8 Å². The minimum absolute atomic E-state index is 0.0766. The van der Waals surface area contributed by atoms with Crippen molar-refractivity contribution in [1.82, 2.24) is 15.3 Å². The van der Waals surface area contributed by atoms with Gasteiger partial charge in [0.1, 0.15) is 5.82 Å². The molecule has 2 aromatic carbocycles. The number of nitrogens with zero attached hydrogens (tertiary/aromatic N) is 3. The maximum atomic E-state index is 12.4. The molecule has 0 saturated carbocycles. The molecule has 32 heavy (non-hydrogen) atoms. The predicted molar refractivity (Wildman–Crippen MR) is 130 cm³/mol. The number of aromatic nitrogens is 2. The van der Waals surface area contributed by atoms with Gasteiger partial charge in [0.25, 0.3) is 5.91 Å². The van der Waals surface area contributed by atoms with Crippen molar-refractivity contribution in [2.24, 2.45) is 0 Å². The summed E-state index contributed by atoms with van der Waals surface area (Å²) in [6.45, 7) is 4.05. The number of hydrogen-bond donors (Lipinski definition) is 1. The second kappa shape index (κ2) is 12.2. The molecule has 1 heterocycles. The number of methoxy groups -OCH3 is 1. The summed E-state index contributed by atoms with van der Waals surface area (Å²) in [5, 5.41) is 3.68. The van der Waals surface area contributed by atoms with Gasteiger partial charge in [0.05, 0.1) is 12.3 Å². The van der Waals surface area contributed by atoms with Crippen molar-refractivity contribution in [3.63, 3.8) is 0 Å². The van der Waals surface area contributed by atoms with Crippen LogP contribution in [0.25, 0.3) is 0 Å². The Morgan fingerprint density at radius 2 is 1.81 bits per heavy atom. The molecule has 0 fully saturated rings. The summed E-state index contributed by atoms with van der Waals surface area (Å²) in [4.78, 5) is 23.9. The van der Waals surface area contributed by atoms with E-state index in [-0.39, 0.29) is 5.91 Å². The van der Waals surface area contributed by atoms with Crippen LogP contribution in [0.1, 0.15) is 40.5 Å². The van der Waals surface area contributed by atoms with Crippen LogP contribution in [0, 0.1) is 0 Å². The lowest BCUT2D eigenvalue weighted by molar-refractivity contribution is 0.0951. The highest BCUT2D eigenvalue weighted by molar-refractivity contribution is 7.98. The minimum atomic E-state index is -0.0766. The van der Waals surface area contributed by atoms with Crippen molar-refractivity contribution >= 4 is 23.5 Å². The molecule has 1 N–H and O–H groups in total. The molecule has 3 rings (SSSR count). The molecule has 0 unspecified atom stereocenters. The molecule has 0 aliphatic rings. The first-order valence-corrected chi connectivity index (χ1v) is 11.7. The van der Waals surface area contributed by atoms with Gasteiger partial charge in [-0.25, -0.2) is 9.97 Å². The molecule has 0 spiro atoms. The zero-order valence-corrected chi connectivity index (χ0v) is 19.7. The van der Waals surface area contributed by atoms with Crippen molar-refractivity contribution < 1.29 is 9.53 Å². The van der Waals surface area contributed by atoms with Crippen LogP contribution < -0.4 is 10.2 Å². The van der Waals surface area contributed by atoms with E-state index in [0.717, 1.165) is 46.5 Å². The summed E-state index contributed by atoms with van der Waals surface area (Å²) in [7, 11) is 3.71. The lowest BCUT2D eigenvalue weighted by Crippen LogP contribution is -2.22. The van der Waals surface area contributed by atoms with E-state index in [2.05, 4.69) is 22.1 Å². The maximum Gasteiger partial charge on any atom is 0.251 e. The number of carbonyl (C=O) groups is 1. The van der Waals surface area contributed by atoms with Gasteiger partial charge in [0, 0.05) is 44.6 Å². The van der Waals surface area contributed by atoms with Gasteiger partial charge in [-0.15, -0.1) is 0 Å². The molecule has 0 bridgehead atoms. The first-order valence-electron chi connectivity index (χ1n) is 10.7. The molecule has 168 valence electrons. The van der Waals surface area contributed by atoms with Crippen LogP contribution in [0.4, 0.5) is 5.82 Å². The van der Waals surface area contributed by atoms with Crippen molar-refractivity contribution in [2.45, 2.75) is 37.4 Å². The van der Waals surface area contributed by atoms with Crippen LogP contribution in [0.15, 0.2) is 65.8 Å². The number of benzene rings is 2. The third-order valence-electron chi connectivity index (χ3n) is 4.87. The van der Waals surface area contributed by atoms with Crippen molar-refractivity contribution in [3.05, 3.63) is 83.0 Å². The van der Waals surface area contributed by atoms with E-state index in [1.165, 1.54) is 0 Å². The number of thioether (sulfide) groups is 1. The van der Waals surface area contributed by atoms with Crippen molar-refractivity contribution in [3.8, 4) is 0 Å². The number of ether oxygens (including phenoxy) is 1. The fourth-order valence-corrected chi connectivity index (χ4v) is 4.00. The van der Waals surface area contributed by atoms with Crippen LogP contribution in [-0.4, -0.2) is 36.6 Å². The maximum absolute atomic E-state index is 12.4. The molecule has 0 aliphatic heterocycles. The third-order valence-corrected chi connectivity index (χ3v) is 5.79. The summed E-state index contributed by atoms with van der Waals surface area (Å²) in [5.41, 5.74) is 3.71. The number of carbonyl (C=O) groups excluding carboxylic acids is 1. The monoisotopic (exact) mass is 450 g/mol. The average molecular weight is 451 g/mol. The number of hydrogen-bond acceptors (Lipinski definition) is 6. The van der Waals surface area contributed by atoms with E-state index in [1.807, 2.05) is 67.7 Å². The Hall–Kier alpha value is -2.90. The first-order chi connectivity index (χ1) is 15.6. The summed E-state index contributed by atoms with van der Waals surface area (Å²) in [6, 6.07) is 19.5. The Bertz CT molecular complexity index is 997. The molecule has 6 nitrogen and oxygen atoms in total. The number of anilines is 1. The van der Waals surface area contributed by atoms with E-state index in [0.29, 0.717) is 18.7 Å². The van der Waals surface area contributed by atoms with Crippen LogP contribution in [0.3, 0.4) is 0 Å².